The summed E-state index contributed by atoms with van der Waals surface area (Å²) in [4.78, 5) is 26.2. The molecule has 0 atom stereocenters. The van der Waals surface area contributed by atoms with Crippen LogP contribution in [0.5, 0.6) is 0 Å². The molecule has 2 aromatic rings. The van der Waals surface area contributed by atoms with Crippen molar-refractivity contribution in [3.05, 3.63) is 70.2 Å². The third kappa shape index (κ3) is 4.03. The number of aromatic nitrogens is 2. The predicted molar refractivity (Wildman–Crippen MR) is 95.3 cm³/mol. The van der Waals surface area contributed by atoms with Crippen LogP contribution in [0.1, 0.15) is 22.5 Å². The van der Waals surface area contributed by atoms with Crippen molar-refractivity contribution in [3.63, 3.8) is 0 Å². The highest BCUT2D eigenvalue weighted by molar-refractivity contribution is 5.92. The van der Waals surface area contributed by atoms with E-state index in [-0.39, 0.29) is 17.2 Å². The van der Waals surface area contributed by atoms with Gasteiger partial charge in [-0.25, -0.2) is 4.68 Å². The Bertz CT molecular complexity index is 827. The van der Waals surface area contributed by atoms with E-state index in [0.717, 1.165) is 6.42 Å². The molecule has 1 amide bonds. The fourth-order valence-corrected chi connectivity index (χ4v) is 2.83. The number of benzene rings is 1. The first-order valence-corrected chi connectivity index (χ1v) is 8.30. The molecule has 0 saturated heterocycles. The predicted octanol–water partition coefficient (Wildman–Crippen LogP) is 1.82. The van der Waals surface area contributed by atoms with Gasteiger partial charge in [0.25, 0.3) is 11.5 Å². The minimum absolute atomic E-state index is 0.158. The summed E-state index contributed by atoms with van der Waals surface area (Å²) in [6, 6.07) is 13.1. The minimum atomic E-state index is -0.237. The molecule has 0 radical (unpaired) electrons. The standard InChI is InChI=1S/C19H21N3O3/c1-25-14-13-22-18(23)8-7-17(20-22)19(24)21-11-9-16(10-12-21)15-5-3-2-4-6-15/h2-9H,10-14H2,1H3. The third-order valence-electron chi connectivity index (χ3n) is 4.23. The highest BCUT2D eigenvalue weighted by Crippen LogP contribution is 2.22. The summed E-state index contributed by atoms with van der Waals surface area (Å²) in [5.74, 6) is -0.158. The summed E-state index contributed by atoms with van der Waals surface area (Å²) in [5, 5.41) is 4.17. The van der Waals surface area contributed by atoms with E-state index >= 15 is 0 Å². The normalized spacial score (nSPS) is 14.3. The smallest absolute Gasteiger partial charge is 0.274 e. The van der Waals surface area contributed by atoms with Crippen molar-refractivity contribution in [1.29, 1.82) is 0 Å². The van der Waals surface area contributed by atoms with Crippen LogP contribution in [-0.2, 0) is 11.3 Å². The molecule has 0 bridgehead atoms. The first-order chi connectivity index (χ1) is 12.2. The Labute approximate surface area is 146 Å². The number of hydrogen-bond donors (Lipinski definition) is 0. The van der Waals surface area contributed by atoms with Gasteiger partial charge in [0.15, 0.2) is 0 Å². The monoisotopic (exact) mass is 339 g/mol. The Morgan fingerprint density at radius 2 is 2.00 bits per heavy atom. The highest BCUT2D eigenvalue weighted by atomic mass is 16.5. The van der Waals surface area contributed by atoms with Crippen LogP contribution in [0.15, 0.2) is 53.3 Å². The van der Waals surface area contributed by atoms with Crippen molar-refractivity contribution >= 4 is 11.5 Å². The molecule has 25 heavy (non-hydrogen) atoms. The number of carbonyl (C=O) groups excluding carboxylic acids is 1. The van der Waals surface area contributed by atoms with Gasteiger partial charge in [0.2, 0.25) is 0 Å². The number of methoxy groups -OCH3 is 1. The first kappa shape index (κ1) is 17.1. The van der Waals surface area contributed by atoms with Crippen LogP contribution in [0, 0.1) is 0 Å². The summed E-state index contributed by atoms with van der Waals surface area (Å²) < 4.78 is 6.24. The van der Waals surface area contributed by atoms with Crippen molar-refractivity contribution in [3.8, 4) is 0 Å². The van der Waals surface area contributed by atoms with Crippen LogP contribution in [0.25, 0.3) is 5.57 Å². The van der Waals surface area contributed by atoms with Crippen molar-refractivity contribution < 1.29 is 9.53 Å². The molecule has 1 aromatic heterocycles. The molecule has 6 heteroatoms. The van der Waals surface area contributed by atoms with Gasteiger partial charge in [0, 0.05) is 26.3 Å². The molecule has 6 nitrogen and oxygen atoms in total. The first-order valence-electron chi connectivity index (χ1n) is 8.30. The van der Waals surface area contributed by atoms with Gasteiger partial charge in [0.1, 0.15) is 5.69 Å². The Hall–Kier alpha value is -2.73. The van der Waals surface area contributed by atoms with Crippen molar-refractivity contribution in [2.75, 3.05) is 26.8 Å². The Kier molecular flexibility index (Phi) is 5.40. The molecule has 0 aliphatic carbocycles. The van der Waals surface area contributed by atoms with E-state index < -0.39 is 0 Å². The molecule has 0 fully saturated rings. The number of carbonyl (C=O) groups is 1. The van der Waals surface area contributed by atoms with Gasteiger partial charge in [-0.2, -0.15) is 5.10 Å². The van der Waals surface area contributed by atoms with Crippen LogP contribution in [0.2, 0.25) is 0 Å². The van der Waals surface area contributed by atoms with E-state index in [0.29, 0.717) is 26.2 Å². The van der Waals surface area contributed by atoms with Gasteiger partial charge in [-0.3, -0.25) is 9.59 Å². The maximum atomic E-state index is 12.7. The Balaban J connectivity index is 1.72. The molecule has 1 aliphatic rings. The lowest BCUT2D eigenvalue weighted by Crippen LogP contribution is -2.36. The number of rotatable bonds is 5. The maximum absolute atomic E-state index is 12.7. The zero-order valence-corrected chi connectivity index (χ0v) is 14.2. The lowest BCUT2D eigenvalue weighted by atomic mass is 9.99. The molecule has 0 spiro atoms. The highest BCUT2D eigenvalue weighted by Gasteiger charge is 2.21. The summed E-state index contributed by atoms with van der Waals surface area (Å²) in [7, 11) is 1.56. The average molecular weight is 339 g/mol. The molecule has 130 valence electrons. The second-order valence-corrected chi connectivity index (χ2v) is 5.87. The summed E-state index contributed by atoms with van der Waals surface area (Å²) in [5.41, 5.74) is 2.49. The maximum Gasteiger partial charge on any atom is 0.274 e. The van der Waals surface area contributed by atoms with Crippen LogP contribution in [-0.4, -0.2) is 47.4 Å². The number of nitrogens with zero attached hydrogens (tertiary/aromatic N) is 3. The molecular weight excluding hydrogens is 318 g/mol. The zero-order valence-electron chi connectivity index (χ0n) is 14.2. The second-order valence-electron chi connectivity index (χ2n) is 5.87. The van der Waals surface area contributed by atoms with E-state index in [9.17, 15) is 9.59 Å². The van der Waals surface area contributed by atoms with Gasteiger partial charge in [-0.1, -0.05) is 36.4 Å². The lowest BCUT2D eigenvalue weighted by Gasteiger charge is -2.26. The number of hydrogen-bond acceptors (Lipinski definition) is 4. The topological polar surface area (TPSA) is 64.4 Å². The summed E-state index contributed by atoms with van der Waals surface area (Å²) >= 11 is 0. The van der Waals surface area contributed by atoms with Crippen molar-refractivity contribution in [1.82, 2.24) is 14.7 Å². The van der Waals surface area contributed by atoms with Crippen LogP contribution in [0.3, 0.4) is 0 Å². The molecule has 3 rings (SSSR count). The van der Waals surface area contributed by atoms with Crippen LogP contribution in [0.4, 0.5) is 0 Å². The van der Waals surface area contributed by atoms with Gasteiger partial charge >= 0.3 is 0 Å². The molecule has 0 unspecified atom stereocenters. The minimum Gasteiger partial charge on any atom is -0.383 e. The van der Waals surface area contributed by atoms with E-state index in [1.54, 1.807) is 12.0 Å². The molecule has 1 aromatic carbocycles. The largest absolute Gasteiger partial charge is 0.383 e. The Morgan fingerprint density at radius 3 is 2.68 bits per heavy atom. The van der Waals surface area contributed by atoms with Crippen LogP contribution >= 0.6 is 0 Å². The van der Waals surface area contributed by atoms with Gasteiger partial charge in [0.05, 0.1) is 13.2 Å². The van der Waals surface area contributed by atoms with Gasteiger partial charge in [-0.05, 0) is 23.6 Å². The fourth-order valence-electron chi connectivity index (χ4n) is 2.83. The van der Waals surface area contributed by atoms with E-state index in [2.05, 4.69) is 23.3 Å². The molecule has 2 heterocycles. The second kappa shape index (κ2) is 7.90. The summed E-state index contributed by atoms with van der Waals surface area (Å²) in [6.07, 6.45) is 2.89. The molecule has 0 saturated carbocycles. The fraction of sp³-hybridized carbons (Fsp3) is 0.316. The third-order valence-corrected chi connectivity index (χ3v) is 4.23. The van der Waals surface area contributed by atoms with E-state index in [1.807, 2.05) is 18.2 Å². The van der Waals surface area contributed by atoms with E-state index in [1.165, 1.54) is 28.0 Å². The molecule has 1 aliphatic heterocycles. The lowest BCUT2D eigenvalue weighted by molar-refractivity contribution is 0.0763. The van der Waals surface area contributed by atoms with Gasteiger partial charge in [-0.15, -0.1) is 0 Å². The molecular formula is C19H21N3O3. The Morgan fingerprint density at radius 1 is 1.20 bits per heavy atom. The van der Waals surface area contributed by atoms with Crippen molar-refractivity contribution in [2.24, 2.45) is 0 Å². The summed E-state index contributed by atoms with van der Waals surface area (Å²) in [6.45, 7) is 1.88. The average Bonchev–Trinajstić information content (AvgIpc) is 2.67. The van der Waals surface area contributed by atoms with E-state index in [4.69, 9.17) is 4.74 Å². The van der Waals surface area contributed by atoms with Crippen LogP contribution < -0.4 is 5.56 Å². The SMILES string of the molecule is COCCn1nc(C(=O)N2CC=C(c3ccccc3)CC2)ccc1=O. The van der Waals surface area contributed by atoms with Gasteiger partial charge < -0.3 is 9.64 Å². The zero-order chi connectivity index (χ0) is 17.6. The quantitative estimate of drug-likeness (QED) is 0.833. The number of ether oxygens (including phenoxy) is 1. The molecule has 0 N–H and O–H groups in total. The number of amides is 1. The van der Waals surface area contributed by atoms with Crippen molar-refractivity contribution in [2.45, 2.75) is 13.0 Å².